The first kappa shape index (κ1) is 22.8. The third-order valence-corrected chi connectivity index (χ3v) is 6.94. The molecule has 2 aromatic rings. The number of amides is 2. The van der Waals surface area contributed by atoms with E-state index in [1.807, 2.05) is 17.0 Å². The minimum absolute atomic E-state index is 0.0265. The van der Waals surface area contributed by atoms with Crippen LogP contribution in [0.4, 0.5) is 5.69 Å². The zero-order chi connectivity index (χ0) is 23.7. The molecule has 9 nitrogen and oxygen atoms in total. The summed E-state index contributed by atoms with van der Waals surface area (Å²) >= 11 is 0. The van der Waals surface area contributed by atoms with E-state index in [9.17, 15) is 14.7 Å². The first-order chi connectivity index (χ1) is 16.5. The van der Waals surface area contributed by atoms with Crippen molar-refractivity contribution in [3.8, 4) is 5.75 Å². The lowest BCUT2D eigenvalue weighted by Gasteiger charge is -2.38. The van der Waals surface area contributed by atoms with E-state index < -0.39 is 6.10 Å². The van der Waals surface area contributed by atoms with E-state index in [1.54, 1.807) is 24.4 Å². The molecule has 2 fully saturated rings. The number of rotatable bonds is 5. The number of nitrogens with zero attached hydrogens (tertiary/aromatic N) is 3. The highest BCUT2D eigenvalue weighted by Crippen LogP contribution is 2.47. The van der Waals surface area contributed by atoms with Crippen LogP contribution in [0.15, 0.2) is 42.7 Å². The molecule has 0 aliphatic carbocycles. The van der Waals surface area contributed by atoms with Crippen molar-refractivity contribution >= 4 is 17.5 Å². The SMILES string of the molecule is CN1CCN(C(=O)C[C@@H]2C[C@@H]3c4cc(NC(=O)c5cccnc5)ccc4O[C@@H]3[C@@H](CO)O2)CC1. The molecule has 0 spiro atoms. The molecule has 2 saturated heterocycles. The Hall–Kier alpha value is -3.01. The van der Waals surface area contributed by atoms with Crippen LogP contribution in [0.5, 0.6) is 5.75 Å². The minimum Gasteiger partial charge on any atom is -0.487 e. The van der Waals surface area contributed by atoms with Gasteiger partial charge in [0.2, 0.25) is 5.91 Å². The Morgan fingerprint density at radius 1 is 1.21 bits per heavy atom. The second-order valence-electron chi connectivity index (χ2n) is 9.24. The van der Waals surface area contributed by atoms with Crippen LogP contribution in [0.25, 0.3) is 0 Å². The Bertz CT molecular complexity index is 1040. The van der Waals surface area contributed by atoms with Gasteiger partial charge in [-0.3, -0.25) is 14.6 Å². The average Bonchev–Trinajstić information content (AvgIpc) is 3.22. The number of aliphatic hydroxyl groups excluding tert-OH is 1. The van der Waals surface area contributed by atoms with Gasteiger partial charge in [-0.15, -0.1) is 0 Å². The summed E-state index contributed by atoms with van der Waals surface area (Å²) in [6.45, 7) is 3.01. The number of carbonyl (C=O) groups excluding carboxylic acids is 2. The van der Waals surface area contributed by atoms with Crippen molar-refractivity contribution in [2.24, 2.45) is 0 Å². The zero-order valence-corrected chi connectivity index (χ0v) is 19.2. The highest BCUT2D eigenvalue weighted by Gasteiger charge is 2.46. The number of anilines is 1. The largest absolute Gasteiger partial charge is 0.487 e. The van der Waals surface area contributed by atoms with Crippen molar-refractivity contribution in [2.45, 2.75) is 37.1 Å². The van der Waals surface area contributed by atoms with E-state index in [4.69, 9.17) is 9.47 Å². The molecule has 180 valence electrons. The van der Waals surface area contributed by atoms with Gasteiger partial charge in [-0.25, -0.2) is 0 Å². The summed E-state index contributed by atoms with van der Waals surface area (Å²) in [4.78, 5) is 33.6. The van der Waals surface area contributed by atoms with Crippen molar-refractivity contribution in [1.29, 1.82) is 0 Å². The lowest BCUT2D eigenvalue weighted by atomic mass is 9.84. The predicted octanol–water partition coefficient (Wildman–Crippen LogP) is 1.49. The van der Waals surface area contributed by atoms with Crippen LogP contribution >= 0.6 is 0 Å². The average molecular weight is 467 g/mol. The van der Waals surface area contributed by atoms with Gasteiger partial charge >= 0.3 is 0 Å². The van der Waals surface area contributed by atoms with E-state index in [0.29, 0.717) is 17.7 Å². The van der Waals surface area contributed by atoms with Crippen molar-refractivity contribution in [3.63, 3.8) is 0 Å². The van der Waals surface area contributed by atoms with E-state index in [2.05, 4.69) is 22.2 Å². The maximum atomic E-state index is 12.9. The third kappa shape index (κ3) is 4.64. The molecule has 3 aliphatic heterocycles. The van der Waals surface area contributed by atoms with Gasteiger partial charge in [0, 0.05) is 55.7 Å². The summed E-state index contributed by atoms with van der Waals surface area (Å²) in [7, 11) is 2.06. The number of likely N-dealkylation sites (N-methyl/N-ethyl adjacent to an activating group) is 1. The number of aliphatic hydroxyl groups is 1. The maximum Gasteiger partial charge on any atom is 0.257 e. The number of pyridine rings is 1. The molecular weight excluding hydrogens is 436 g/mol. The second-order valence-corrected chi connectivity index (χ2v) is 9.24. The molecule has 0 unspecified atom stereocenters. The maximum absolute atomic E-state index is 12.9. The van der Waals surface area contributed by atoms with E-state index in [-0.39, 0.29) is 43.0 Å². The minimum atomic E-state index is -0.509. The molecule has 0 bridgehead atoms. The molecule has 2 N–H and O–H groups in total. The molecule has 0 radical (unpaired) electrons. The molecule has 9 heteroatoms. The number of piperazine rings is 1. The Balaban J connectivity index is 1.30. The van der Waals surface area contributed by atoms with Crippen LogP contribution in [0.2, 0.25) is 0 Å². The monoisotopic (exact) mass is 466 g/mol. The van der Waals surface area contributed by atoms with Gasteiger partial charge in [0.1, 0.15) is 18.0 Å². The lowest BCUT2D eigenvalue weighted by molar-refractivity contribution is -0.150. The number of hydrogen-bond acceptors (Lipinski definition) is 7. The highest BCUT2D eigenvalue weighted by atomic mass is 16.6. The molecular formula is C25H30N4O5. The van der Waals surface area contributed by atoms with Crippen molar-refractivity contribution < 1.29 is 24.2 Å². The van der Waals surface area contributed by atoms with Crippen molar-refractivity contribution in [2.75, 3.05) is 45.2 Å². The Kier molecular flexibility index (Phi) is 6.49. The summed E-state index contributed by atoms with van der Waals surface area (Å²) < 4.78 is 12.2. The topological polar surface area (TPSA) is 104 Å². The second kappa shape index (κ2) is 9.69. The lowest BCUT2D eigenvalue weighted by Crippen LogP contribution is -2.50. The number of carbonyl (C=O) groups is 2. The van der Waals surface area contributed by atoms with Gasteiger partial charge in [0.15, 0.2) is 0 Å². The Morgan fingerprint density at radius 3 is 2.76 bits per heavy atom. The van der Waals surface area contributed by atoms with Crippen molar-refractivity contribution in [3.05, 3.63) is 53.9 Å². The summed E-state index contributed by atoms with van der Waals surface area (Å²) in [6.07, 6.45) is 2.92. The fourth-order valence-corrected chi connectivity index (χ4v) is 5.05. The molecule has 34 heavy (non-hydrogen) atoms. The van der Waals surface area contributed by atoms with Gasteiger partial charge in [-0.1, -0.05) is 0 Å². The summed E-state index contributed by atoms with van der Waals surface area (Å²) in [6, 6.07) is 8.99. The van der Waals surface area contributed by atoms with Crippen LogP contribution in [-0.2, 0) is 9.53 Å². The van der Waals surface area contributed by atoms with Crippen LogP contribution in [0.3, 0.4) is 0 Å². The molecule has 2 amide bonds. The Labute approximate surface area is 198 Å². The molecule has 4 atom stereocenters. The van der Waals surface area contributed by atoms with Crippen LogP contribution < -0.4 is 10.1 Å². The Morgan fingerprint density at radius 2 is 2.03 bits per heavy atom. The molecule has 1 aromatic carbocycles. The number of ether oxygens (including phenoxy) is 2. The molecule has 1 aromatic heterocycles. The quantitative estimate of drug-likeness (QED) is 0.688. The zero-order valence-electron chi connectivity index (χ0n) is 19.2. The molecule has 3 aliphatic rings. The molecule has 0 saturated carbocycles. The van der Waals surface area contributed by atoms with Crippen LogP contribution in [-0.4, -0.2) is 89.9 Å². The fraction of sp³-hybridized carbons (Fsp3) is 0.480. The number of benzene rings is 1. The van der Waals surface area contributed by atoms with Gasteiger partial charge in [-0.05, 0) is 43.8 Å². The first-order valence-corrected chi connectivity index (χ1v) is 11.8. The van der Waals surface area contributed by atoms with Crippen molar-refractivity contribution in [1.82, 2.24) is 14.8 Å². The normalized spacial score (nSPS) is 26.4. The predicted molar refractivity (Wildman–Crippen MR) is 125 cm³/mol. The number of nitrogens with one attached hydrogen (secondary N) is 1. The first-order valence-electron chi connectivity index (χ1n) is 11.8. The third-order valence-electron chi connectivity index (χ3n) is 6.94. The number of aromatic nitrogens is 1. The standard InChI is InChI=1S/C25H30N4O5/c1-28-7-9-29(10-8-28)23(31)13-18-12-20-19-11-17(27-25(32)16-3-2-6-26-14-16)4-5-21(19)34-24(20)22(15-30)33-18/h2-6,11,14,18,20,22,24,30H,7-10,12-13,15H2,1H3,(H,27,32)/t18-,20+,22+,24-/m0/s1. The van der Waals surface area contributed by atoms with Gasteiger partial charge in [0.05, 0.1) is 24.7 Å². The number of fused-ring (bicyclic) bond motifs is 3. The summed E-state index contributed by atoms with van der Waals surface area (Å²) in [5.74, 6) is 0.549. The molecule has 5 rings (SSSR count). The van der Waals surface area contributed by atoms with Gasteiger partial charge in [-0.2, -0.15) is 0 Å². The van der Waals surface area contributed by atoms with E-state index in [1.165, 1.54) is 6.20 Å². The summed E-state index contributed by atoms with van der Waals surface area (Å²) in [5, 5.41) is 12.9. The number of hydrogen-bond donors (Lipinski definition) is 2. The smallest absolute Gasteiger partial charge is 0.257 e. The van der Waals surface area contributed by atoms with Gasteiger partial charge < -0.3 is 29.7 Å². The van der Waals surface area contributed by atoms with Crippen LogP contribution in [0, 0.1) is 0 Å². The molecule has 4 heterocycles. The van der Waals surface area contributed by atoms with E-state index in [0.717, 1.165) is 37.5 Å². The van der Waals surface area contributed by atoms with Crippen LogP contribution in [0.1, 0.15) is 34.7 Å². The summed E-state index contributed by atoms with van der Waals surface area (Å²) in [5.41, 5.74) is 2.10. The fourth-order valence-electron chi connectivity index (χ4n) is 5.05. The van der Waals surface area contributed by atoms with E-state index >= 15 is 0 Å². The highest BCUT2D eigenvalue weighted by molar-refractivity contribution is 6.04. The van der Waals surface area contributed by atoms with Gasteiger partial charge in [0.25, 0.3) is 5.91 Å².